The molecule has 0 atom stereocenters. The largest absolute Gasteiger partial charge is 0.394 e. The highest BCUT2D eigenvalue weighted by Crippen LogP contribution is 2.31. The summed E-state index contributed by atoms with van der Waals surface area (Å²) in [4.78, 5) is 17.9. The quantitative estimate of drug-likeness (QED) is 0.177. The molecule has 4 aromatic carbocycles. The first-order valence-electron chi connectivity index (χ1n) is 12.3. The van der Waals surface area contributed by atoms with E-state index in [9.17, 15) is 9.18 Å². The van der Waals surface area contributed by atoms with Crippen molar-refractivity contribution in [3.8, 4) is 11.1 Å². The summed E-state index contributed by atoms with van der Waals surface area (Å²) in [5, 5.41) is 6.84. The number of fused-ring (bicyclic) bond motifs is 2. The number of amidine groups is 1. The van der Waals surface area contributed by atoms with Gasteiger partial charge in [0, 0.05) is 17.7 Å². The lowest BCUT2D eigenvalue weighted by Gasteiger charge is -2.21. The molecule has 0 spiro atoms. The van der Waals surface area contributed by atoms with Crippen molar-refractivity contribution < 1.29 is 14.0 Å². The van der Waals surface area contributed by atoms with Gasteiger partial charge in [-0.15, -0.1) is 0 Å². The summed E-state index contributed by atoms with van der Waals surface area (Å²) in [6.45, 7) is 2.70. The van der Waals surface area contributed by atoms with Crippen LogP contribution in [0.1, 0.15) is 50.7 Å². The van der Waals surface area contributed by atoms with Gasteiger partial charge in [-0.2, -0.15) is 0 Å². The topological polar surface area (TPSA) is 76.7 Å². The average molecular weight is 494 g/mol. The highest BCUT2D eigenvalue weighted by Gasteiger charge is 2.18. The molecule has 1 aliphatic rings. The van der Waals surface area contributed by atoms with Gasteiger partial charge in [0.15, 0.2) is 5.84 Å². The number of carbonyl (C=O) groups is 1. The molecule has 186 valence electrons. The molecular formula is C31H28FN3O2. The predicted molar refractivity (Wildman–Crippen MR) is 144 cm³/mol. The zero-order valence-electron chi connectivity index (χ0n) is 20.6. The van der Waals surface area contributed by atoms with Crippen LogP contribution < -0.4 is 11.1 Å². The lowest BCUT2D eigenvalue weighted by Crippen LogP contribution is -2.23. The summed E-state index contributed by atoms with van der Waals surface area (Å²) in [6.07, 6.45) is 1.59. The van der Waals surface area contributed by atoms with Gasteiger partial charge in [-0.1, -0.05) is 65.8 Å². The van der Waals surface area contributed by atoms with E-state index in [0.717, 1.165) is 40.7 Å². The Morgan fingerprint density at radius 3 is 2.19 bits per heavy atom. The molecule has 0 bridgehead atoms. The summed E-state index contributed by atoms with van der Waals surface area (Å²) >= 11 is 0. The standard InChI is InChI=1S/C31H28FN3O2/c1-2-37-35-30(33)22-5-3-20(4-6-22)19-34-31(36)26-10-9-25-15-24-8-7-23(16-27(24)18-28(25)17-26)21-11-13-29(32)14-12-21/h3-14,16-17H,2,15,18-19H2,1H3,(H2,33,35)(H,34,36). The van der Waals surface area contributed by atoms with Crippen LogP contribution in [0.2, 0.25) is 0 Å². The first kappa shape index (κ1) is 24.3. The van der Waals surface area contributed by atoms with Gasteiger partial charge in [0.05, 0.1) is 0 Å². The highest BCUT2D eigenvalue weighted by atomic mass is 19.1. The number of nitrogens with two attached hydrogens (primary N) is 1. The summed E-state index contributed by atoms with van der Waals surface area (Å²) in [5.74, 6) is -0.0388. The highest BCUT2D eigenvalue weighted by molar-refractivity contribution is 5.97. The number of hydrogen-bond acceptors (Lipinski definition) is 3. The van der Waals surface area contributed by atoms with Gasteiger partial charge < -0.3 is 15.9 Å². The van der Waals surface area contributed by atoms with Crippen molar-refractivity contribution in [2.45, 2.75) is 26.3 Å². The van der Waals surface area contributed by atoms with Crippen LogP contribution in [0.3, 0.4) is 0 Å². The smallest absolute Gasteiger partial charge is 0.251 e. The Bertz CT molecular complexity index is 1460. The van der Waals surface area contributed by atoms with Crippen LogP contribution >= 0.6 is 0 Å². The van der Waals surface area contributed by atoms with Crippen LogP contribution in [0.5, 0.6) is 0 Å². The molecule has 0 unspecified atom stereocenters. The molecule has 1 aliphatic carbocycles. The molecule has 0 aliphatic heterocycles. The van der Waals surface area contributed by atoms with Gasteiger partial charge in [0.2, 0.25) is 0 Å². The van der Waals surface area contributed by atoms with Crippen LogP contribution in [0, 0.1) is 5.82 Å². The number of nitrogens with one attached hydrogen (secondary N) is 1. The van der Waals surface area contributed by atoms with Gasteiger partial charge in [0.25, 0.3) is 5.91 Å². The van der Waals surface area contributed by atoms with Gasteiger partial charge in [-0.05, 0) is 83.0 Å². The minimum absolute atomic E-state index is 0.116. The fraction of sp³-hybridized carbons (Fsp3) is 0.161. The molecule has 5 nitrogen and oxygen atoms in total. The van der Waals surface area contributed by atoms with E-state index in [1.54, 1.807) is 12.1 Å². The Morgan fingerprint density at radius 2 is 1.46 bits per heavy atom. The molecule has 4 aromatic rings. The van der Waals surface area contributed by atoms with Crippen molar-refractivity contribution in [3.05, 3.63) is 130 Å². The fourth-order valence-electron chi connectivity index (χ4n) is 4.56. The van der Waals surface area contributed by atoms with Crippen LogP contribution in [0.15, 0.2) is 90.1 Å². The Hall–Kier alpha value is -4.45. The summed E-state index contributed by atoms with van der Waals surface area (Å²) < 4.78 is 13.3. The second kappa shape index (κ2) is 10.7. The van der Waals surface area contributed by atoms with Crippen molar-refractivity contribution in [1.29, 1.82) is 0 Å². The molecule has 0 saturated heterocycles. The molecule has 0 heterocycles. The third-order valence-electron chi connectivity index (χ3n) is 6.61. The molecule has 37 heavy (non-hydrogen) atoms. The first-order valence-corrected chi connectivity index (χ1v) is 12.3. The van der Waals surface area contributed by atoms with Crippen LogP contribution in [0.25, 0.3) is 11.1 Å². The van der Waals surface area contributed by atoms with Crippen molar-refractivity contribution in [2.24, 2.45) is 10.9 Å². The first-order chi connectivity index (χ1) is 18.0. The Labute approximate surface area is 215 Å². The lowest BCUT2D eigenvalue weighted by atomic mass is 9.84. The number of nitrogens with zero attached hydrogens (tertiary/aromatic N) is 1. The fourth-order valence-corrected chi connectivity index (χ4v) is 4.56. The monoisotopic (exact) mass is 493 g/mol. The normalized spacial score (nSPS) is 12.4. The van der Waals surface area contributed by atoms with E-state index in [4.69, 9.17) is 10.6 Å². The number of oxime groups is 1. The minimum atomic E-state index is -0.241. The Kier molecular flexibility index (Phi) is 6.99. The zero-order valence-corrected chi connectivity index (χ0v) is 20.6. The third-order valence-corrected chi connectivity index (χ3v) is 6.61. The van der Waals surface area contributed by atoms with E-state index in [-0.39, 0.29) is 11.7 Å². The molecule has 0 saturated carbocycles. The lowest BCUT2D eigenvalue weighted by molar-refractivity contribution is 0.0951. The summed E-state index contributed by atoms with van der Waals surface area (Å²) in [6, 6.07) is 26.4. The predicted octanol–water partition coefficient (Wildman–Crippen LogP) is 5.57. The van der Waals surface area contributed by atoms with Gasteiger partial charge in [-0.25, -0.2) is 4.39 Å². The maximum atomic E-state index is 13.3. The summed E-state index contributed by atoms with van der Waals surface area (Å²) in [5.41, 5.74) is 15.2. The van der Waals surface area contributed by atoms with E-state index in [1.165, 1.54) is 28.8 Å². The number of halogens is 1. The molecule has 0 aromatic heterocycles. The zero-order chi connectivity index (χ0) is 25.8. The van der Waals surface area contributed by atoms with Crippen LogP contribution in [0.4, 0.5) is 4.39 Å². The average Bonchev–Trinajstić information content (AvgIpc) is 2.93. The van der Waals surface area contributed by atoms with Crippen molar-refractivity contribution in [2.75, 3.05) is 6.61 Å². The van der Waals surface area contributed by atoms with Gasteiger partial charge in [-0.3, -0.25) is 4.79 Å². The third kappa shape index (κ3) is 5.54. The molecule has 1 amide bonds. The second-order valence-electron chi connectivity index (χ2n) is 9.10. The van der Waals surface area contributed by atoms with Crippen LogP contribution in [-0.4, -0.2) is 18.3 Å². The molecule has 0 fully saturated rings. The van der Waals surface area contributed by atoms with Crippen molar-refractivity contribution in [3.63, 3.8) is 0 Å². The molecular weight excluding hydrogens is 465 g/mol. The number of rotatable bonds is 7. The van der Waals surface area contributed by atoms with E-state index in [1.807, 2.05) is 43.3 Å². The second-order valence-corrected chi connectivity index (χ2v) is 9.10. The number of amides is 1. The van der Waals surface area contributed by atoms with E-state index < -0.39 is 0 Å². The van der Waals surface area contributed by atoms with E-state index >= 15 is 0 Å². The Balaban J connectivity index is 1.26. The minimum Gasteiger partial charge on any atom is -0.394 e. The number of benzene rings is 4. The van der Waals surface area contributed by atoms with Crippen molar-refractivity contribution >= 4 is 11.7 Å². The van der Waals surface area contributed by atoms with E-state index in [2.05, 4.69) is 34.7 Å². The van der Waals surface area contributed by atoms with Gasteiger partial charge in [0.1, 0.15) is 12.4 Å². The summed E-state index contributed by atoms with van der Waals surface area (Å²) in [7, 11) is 0. The molecule has 6 heteroatoms. The number of carbonyl (C=O) groups excluding carboxylic acids is 1. The van der Waals surface area contributed by atoms with Gasteiger partial charge >= 0.3 is 0 Å². The number of hydrogen-bond donors (Lipinski definition) is 2. The maximum Gasteiger partial charge on any atom is 0.251 e. The molecule has 0 radical (unpaired) electrons. The maximum absolute atomic E-state index is 13.3. The van der Waals surface area contributed by atoms with E-state index in [0.29, 0.717) is 24.6 Å². The SMILES string of the molecule is CCO/N=C(\N)c1ccc(CNC(=O)c2ccc3c(c2)Cc2cc(-c4ccc(F)cc4)ccc2C3)cc1. The van der Waals surface area contributed by atoms with Crippen LogP contribution in [-0.2, 0) is 24.2 Å². The Morgan fingerprint density at radius 1 is 0.838 bits per heavy atom. The molecule has 3 N–H and O–H groups in total. The van der Waals surface area contributed by atoms with Crippen molar-refractivity contribution in [1.82, 2.24) is 5.32 Å². The molecule has 5 rings (SSSR count).